The average molecular weight is 390 g/mol. The average Bonchev–Trinajstić information content (AvgIpc) is 2.57. The van der Waals surface area contributed by atoms with Crippen LogP contribution in [-0.2, 0) is 19.6 Å². The normalized spacial score (nSPS) is 15.7. The van der Waals surface area contributed by atoms with Gasteiger partial charge in [-0.25, -0.2) is 8.42 Å². The number of hydrogen-bond donors (Lipinski definition) is 0. The fourth-order valence-electron chi connectivity index (χ4n) is 2.69. The number of carbonyl (C=O) groups is 1. The summed E-state index contributed by atoms with van der Waals surface area (Å²) >= 11 is 6.02. The van der Waals surface area contributed by atoms with E-state index in [4.69, 9.17) is 16.3 Å². The highest BCUT2D eigenvalue weighted by Gasteiger charge is 2.26. The molecule has 1 fully saturated rings. The summed E-state index contributed by atoms with van der Waals surface area (Å²) in [6.07, 6.45) is 1.10. The first-order valence-electron chi connectivity index (χ1n) is 8.03. The third-order valence-electron chi connectivity index (χ3n) is 4.13. The van der Waals surface area contributed by atoms with Gasteiger partial charge in [-0.3, -0.25) is 4.79 Å². The Kier molecular flexibility index (Phi) is 7.06. The fraction of sp³-hybridized carbons (Fsp3) is 0.562. The van der Waals surface area contributed by atoms with Crippen molar-refractivity contribution in [2.75, 3.05) is 64.1 Å². The molecule has 1 heterocycles. The predicted molar refractivity (Wildman–Crippen MR) is 98.5 cm³/mol. The molecule has 1 aliphatic heterocycles. The molecule has 0 unspecified atom stereocenters. The molecule has 2 rings (SSSR count). The minimum absolute atomic E-state index is 0.153. The number of carbonyl (C=O) groups excluding carboxylic acids is 1. The van der Waals surface area contributed by atoms with E-state index in [2.05, 4.69) is 4.90 Å². The van der Waals surface area contributed by atoms with Crippen LogP contribution in [0, 0.1) is 0 Å². The Morgan fingerprint density at radius 3 is 2.52 bits per heavy atom. The molecule has 0 radical (unpaired) electrons. The van der Waals surface area contributed by atoms with Crippen molar-refractivity contribution in [1.29, 1.82) is 0 Å². The van der Waals surface area contributed by atoms with Crippen LogP contribution >= 0.6 is 11.6 Å². The number of amides is 1. The van der Waals surface area contributed by atoms with E-state index in [-0.39, 0.29) is 25.6 Å². The lowest BCUT2D eigenvalue weighted by Crippen LogP contribution is -2.52. The fourth-order valence-corrected chi connectivity index (χ4v) is 3.63. The summed E-state index contributed by atoms with van der Waals surface area (Å²) in [5.74, 6) is -0.188. The summed E-state index contributed by atoms with van der Waals surface area (Å²) in [6, 6.07) is 7.61. The molecule has 0 saturated carbocycles. The van der Waals surface area contributed by atoms with E-state index in [0.29, 0.717) is 31.2 Å². The van der Waals surface area contributed by atoms with Crippen molar-refractivity contribution < 1.29 is 17.9 Å². The molecule has 1 aromatic rings. The van der Waals surface area contributed by atoms with Crippen molar-refractivity contribution >= 4 is 33.2 Å². The lowest BCUT2D eigenvalue weighted by atomic mass is 10.2. The summed E-state index contributed by atoms with van der Waals surface area (Å²) in [4.78, 5) is 16.3. The summed E-state index contributed by atoms with van der Waals surface area (Å²) < 4.78 is 29.7. The maximum Gasteiger partial charge on any atom is 0.238 e. The SMILES string of the molecule is COCCN(CC(=O)N1CCN(c2cccc(Cl)c2)CC1)S(C)(=O)=O. The van der Waals surface area contributed by atoms with Gasteiger partial charge in [0.2, 0.25) is 15.9 Å². The zero-order valence-electron chi connectivity index (χ0n) is 14.5. The number of sulfonamides is 1. The Morgan fingerprint density at radius 2 is 1.96 bits per heavy atom. The molecular formula is C16H24ClN3O4S. The third kappa shape index (κ3) is 5.85. The first-order chi connectivity index (χ1) is 11.8. The molecule has 1 aromatic carbocycles. The van der Waals surface area contributed by atoms with Crippen molar-refractivity contribution in [3.05, 3.63) is 29.3 Å². The van der Waals surface area contributed by atoms with Crippen LogP contribution in [0.15, 0.2) is 24.3 Å². The highest BCUT2D eigenvalue weighted by atomic mass is 35.5. The molecule has 25 heavy (non-hydrogen) atoms. The van der Waals surface area contributed by atoms with E-state index < -0.39 is 10.0 Å². The zero-order valence-corrected chi connectivity index (χ0v) is 16.1. The monoisotopic (exact) mass is 389 g/mol. The van der Waals surface area contributed by atoms with Gasteiger partial charge in [0.1, 0.15) is 0 Å². The first kappa shape index (κ1) is 20.0. The Labute approximate surface area is 154 Å². The minimum Gasteiger partial charge on any atom is -0.383 e. The van der Waals surface area contributed by atoms with Gasteiger partial charge in [0.15, 0.2) is 0 Å². The number of rotatable bonds is 7. The maximum atomic E-state index is 12.5. The zero-order chi connectivity index (χ0) is 18.4. The molecule has 7 nitrogen and oxygen atoms in total. The summed E-state index contributed by atoms with van der Waals surface area (Å²) in [5, 5.41) is 0.679. The van der Waals surface area contributed by atoms with Crippen LogP contribution in [-0.4, -0.2) is 82.8 Å². The van der Waals surface area contributed by atoms with E-state index in [1.165, 1.54) is 7.11 Å². The minimum atomic E-state index is -3.45. The number of methoxy groups -OCH3 is 1. The van der Waals surface area contributed by atoms with Gasteiger partial charge in [-0.05, 0) is 18.2 Å². The Hall–Kier alpha value is -1.35. The molecule has 0 aromatic heterocycles. The van der Waals surface area contributed by atoms with Crippen LogP contribution in [0.25, 0.3) is 0 Å². The lowest BCUT2D eigenvalue weighted by Gasteiger charge is -2.36. The van der Waals surface area contributed by atoms with Crippen LogP contribution in [0.1, 0.15) is 0 Å². The molecule has 0 N–H and O–H groups in total. The van der Waals surface area contributed by atoms with Crippen LogP contribution in [0.5, 0.6) is 0 Å². The summed E-state index contributed by atoms with van der Waals surface area (Å²) in [7, 11) is -1.95. The smallest absolute Gasteiger partial charge is 0.238 e. The van der Waals surface area contributed by atoms with Crippen molar-refractivity contribution in [2.45, 2.75) is 0 Å². The van der Waals surface area contributed by atoms with E-state index >= 15 is 0 Å². The van der Waals surface area contributed by atoms with Gasteiger partial charge in [0, 0.05) is 50.5 Å². The number of nitrogens with zero attached hydrogens (tertiary/aromatic N) is 3. The number of benzene rings is 1. The van der Waals surface area contributed by atoms with Crippen LogP contribution in [0.4, 0.5) is 5.69 Å². The molecule has 1 saturated heterocycles. The van der Waals surface area contributed by atoms with Gasteiger partial charge >= 0.3 is 0 Å². The third-order valence-corrected chi connectivity index (χ3v) is 5.62. The maximum absolute atomic E-state index is 12.5. The van der Waals surface area contributed by atoms with Gasteiger partial charge in [0.25, 0.3) is 0 Å². The molecule has 1 aliphatic rings. The van der Waals surface area contributed by atoms with Crippen molar-refractivity contribution in [1.82, 2.24) is 9.21 Å². The molecule has 1 amide bonds. The number of ether oxygens (including phenoxy) is 1. The molecule has 0 aliphatic carbocycles. The molecule has 0 atom stereocenters. The number of anilines is 1. The predicted octanol–water partition coefficient (Wildman–Crippen LogP) is 0.897. The van der Waals surface area contributed by atoms with Gasteiger partial charge in [0.05, 0.1) is 19.4 Å². The van der Waals surface area contributed by atoms with E-state index in [1.807, 2.05) is 24.3 Å². The molecule has 140 valence electrons. The second-order valence-corrected chi connectivity index (χ2v) is 8.36. The Morgan fingerprint density at radius 1 is 1.28 bits per heavy atom. The van der Waals surface area contributed by atoms with Crippen LogP contribution in [0.3, 0.4) is 0 Å². The second-order valence-electron chi connectivity index (χ2n) is 5.94. The number of hydrogen-bond acceptors (Lipinski definition) is 5. The Balaban J connectivity index is 1.91. The second kappa shape index (κ2) is 8.84. The van der Waals surface area contributed by atoms with Crippen LogP contribution < -0.4 is 4.90 Å². The first-order valence-corrected chi connectivity index (χ1v) is 10.3. The van der Waals surface area contributed by atoms with Crippen molar-refractivity contribution in [2.24, 2.45) is 0 Å². The summed E-state index contributed by atoms with van der Waals surface area (Å²) in [6.45, 7) is 2.73. The van der Waals surface area contributed by atoms with Crippen LogP contribution in [0.2, 0.25) is 5.02 Å². The molecule has 9 heteroatoms. The van der Waals surface area contributed by atoms with E-state index in [1.54, 1.807) is 4.90 Å². The van der Waals surface area contributed by atoms with Gasteiger partial charge in [-0.1, -0.05) is 17.7 Å². The lowest BCUT2D eigenvalue weighted by molar-refractivity contribution is -0.131. The molecule has 0 bridgehead atoms. The van der Waals surface area contributed by atoms with Crippen molar-refractivity contribution in [3.8, 4) is 0 Å². The highest BCUT2D eigenvalue weighted by Crippen LogP contribution is 2.20. The summed E-state index contributed by atoms with van der Waals surface area (Å²) in [5.41, 5.74) is 1.03. The topological polar surface area (TPSA) is 70.2 Å². The highest BCUT2D eigenvalue weighted by molar-refractivity contribution is 7.88. The Bertz CT molecular complexity index is 690. The van der Waals surface area contributed by atoms with Gasteiger partial charge in [-0.15, -0.1) is 0 Å². The number of halogens is 1. The van der Waals surface area contributed by atoms with Crippen molar-refractivity contribution in [3.63, 3.8) is 0 Å². The largest absolute Gasteiger partial charge is 0.383 e. The number of piperazine rings is 1. The quantitative estimate of drug-likeness (QED) is 0.692. The van der Waals surface area contributed by atoms with E-state index in [9.17, 15) is 13.2 Å². The standard InChI is InChI=1S/C16H24ClN3O4S/c1-24-11-10-20(25(2,22)23)13-16(21)19-8-6-18(7-9-19)15-5-3-4-14(17)12-15/h3-5,12H,6-11,13H2,1-2H3. The van der Waals surface area contributed by atoms with E-state index in [0.717, 1.165) is 16.2 Å². The molecule has 0 spiro atoms. The van der Waals surface area contributed by atoms with Gasteiger partial charge in [-0.2, -0.15) is 4.31 Å². The molecular weight excluding hydrogens is 366 g/mol. The van der Waals surface area contributed by atoms with Gasteiger partial charge < -0.3 is 14.5 Å².